The van der Waals surface area contributed by atoms with Gasteiger partial charge in [-0.25, -0.2) is 15.2 Å². The number of carboxylic acid groups (broad SMARTS) is 3. The summed E-state index contributed by atoms with van der Waals surface area (Å²) < 4.78 is 87.7. The lowest BCUT2D eigenvalue weighted by atomic mass is 9.99. The zero-order valence-corrected chi connectivity index (χ0v) is 65.3. The van der Waals surface area contributed by atoms with Gasteiger partial charge in [0.15, 0.2) is 18.9 Å². The molecule has 21 N–H and O–H groups in total. The van der Waals surface area contributed by atoms with Gasteiger partial charge in [-0.15, -0.1) is 10.2 Å². The first-order chi connectivity index (χ1) is 56.2. The molecule has 2 aromatic rings. The summed E-state index contributed by atoms with van der Waals surface area (Å²) in [6, 6.07) is -1.19. The minimum Gasteiger partial charge on any atom is -0.480 e. The minimum absolute atomic E-state index is 0.0249. The van der Waals surface area contributed by atoms with E-state index in [4.69, 9.17) is 82.6 Å². The van der Waals surface area contributed by atoms with E-state index in [2.05, 4.69) is 31.3 Å². The van der Waals surface area contributed by atoms with Crippen LogP contribution >= 0.6 is 0 Å². The number of rotatable bonds is 60. The van der Waals surface area contributed by atoms with E-state index < -0.39 is 153 Å². The Bertz CT molecular complexity index is 3010. The number of aliphatic hydroxyl groups excluding tert-OH is 12. The largest absolute Gasteiger partial charge is 0.480 e. The lowest BCUT2D eigenvalue weighted by Gasteiger charge is -2.39. The molecule has 2 aromatic heterocycles. The fraction of sp³-hybridized carbons (Fsp3) is 0.838. The number of carbonyl (C=O) groups excluding carboxylic acids is 2. The molecule has 2 amide bonds. The molecule has 6 heterocycles. The molecule has 0 aliphatic carbocycles. The Morgan fingerprint density at radius 1 is 0.513 bits per heavy atom. The number of amides is 2. The van der Waals surface area contributed by atoms with E-state index in [0.29, 0.717) is 11.4 Å². The molecule has 672 valence electrons. The molecule has 4 saturated heterocycles. The Morgan fingerprint density at radius 3 is 1.32 bits per heavy atom. The van der Waals surface area contributed by atoms with Gasteiger partial charge in [-0.1, -0.05) is 10.4 Å². The van der Waals surface area contributed by atoms with Crippen LogP contribution in [0.15, 0.2) is 24.3 Å². The summed E-state index contributed by atoms with van der Waals surface area (Å²) >= 11 is 0. The number of aliphatic carboxylic acids is 3. The minimum atomic E-state index is -1.60. The molecule has 0 aromatic carbocycles. The van der Waals surface area contributed by atoms with Gasteiger partial charge in [-0.3, -0.25) is 38.7 Å². The Kier molecular flexibility index (Phi) is 46.7. The summed E-state index contributed by atoms with van der Waals surface area (Å²) in [6.07, 6.45) is -17.2. The third kappa shape index (κ3) is 36.5. The molecule has 49 heteroatoms. The summed E-state index contributed by atoms with van der Waals surface area (Å²) in [4.78, 5) is 68.4. The number of nitrogens with zero attached hydrogens (tertiary/aromatic N) is 10. The highest BCUT2D eigenvalue weighted by atomic mass is 16.7. The second-order valence-electron chi connectivity index (χ2n) is 27.8. The first kappa shape index (κ1) is 99.5. The molecule has 6 rings (SSSR count). The van der Waals surface area contributed by atoms with Crippen LogP contribution in [0.3, 0.4) is 0 Å². The quantitative estimate of drug-likeness (QED) is 0.0166. The average molecular weight is 1690 g/mol. The van der Waals surface area contributed by atoms with E-state index in [1.54, 1.807) is 27.1 Å². The Balaban J connectivity index is 1.06. The lowest BCUT2D eigenvalue weighted by Crippen LogP contribution is -2.59. The molecular formula is C68H120N14O35. The summed E-state index contributed by atoms with van der Waals surface area (Å²) in [5.74, 6) is 1.74. The molecule has 16 atom stereocenters. The summed E-state index contributed by atoms with van der Waals surface area (Å²) in [7, 11) is 0. The SMILES string of the molecule is N/C(=C\N(N)CCOCCOCCO[C@@H]1O[C@H](CO)[C@H](O)[C@H](O)[C@H]1O)COCC(COCc1cn(CCOCCOCCO[C@@H]2O[C@H](CO)[C@H](O)[C@H](O)[C@H]2O)nn1)(COCc1cn(CCOCCOCCO[C@@H]2O[C@H](CO)[C@H](O)[C@H](O)[C@H]2O)nn1)NC(=O)CCCNC(=O)CCC(C(=O)O)N1CCN(CC(=O)O)CCN(CC(=O)O)CC1. The van der Waals surface area contributed by atoms with Crippen LogP contribution in [0.1, 0.15) is 37.1 Å². The van der Waals surface area contributed by atoms with Crippen LogP contribution in [0.5, 0.6) is 0 Å². The molecule has 0 radical (unpaired) electrons. The fourth-order valence-corrected chi connectivity index (χ4v) is 12.2. The number of nitrogens with two attached hydrogens (primary N) is 2. The van der Waals surface area contributed by atoms with Gasteiger partial charge in [-0.05, 0) is 12.8 Å². The van der Waals surface area contributed by atoms with Crippen molar-refractivity contribution in [3.8, 4) is 0 Å². The van der Waals surface area contributed by atoms with Gasteiger partial charge in [0.2, 0.25) is 11.8 Å². The number of hydrogen-bond donors (Lipinski definition) is 19. The topological polar surface area (TPSA) is 678 Å². The molecule has 4 aliphatic rings. The van der Waals surface area contributed by atoms with Gasteiger partial charge in [0, 0.05) is 64.9 Å². The van der Waals surface area contributed by atoms with Crippen molar-refractivity contribution in [2.24, 2.45) is 11.6 Å². The number of aliphatic hydroxyl groups is 12. The number of carboxylic acids is 3. The van der Waals surface area contributed by atoms with Crippen molar-refractivity contribution in [3.05, 3.63) is 35.7 Å². The van der Waals surface area contributed by atoms with Crippen LogP contribution < -0.4 is 22.2 Å². The van der Waals surface area contributed by atoms with Crippen molar-refractivity contribution in [1.82, 2.24) is 60.3 Å². The number of hydrazine groups is 1. The number of carbonyl (C=O) groups is 5. The van der Waals surface area contributed by atoms with E-state index >= 15 is 0 Å². The van der Waals surface area contributed by atoms with Crippen LogP contribution in [-0.4, -0.2) is 471 Å². The van der Waals surface area contributed by atoms with Gasteiger partial charge in [-0.2, -0.15) is 0 Å². The lowest BCUT2D eigenvalue weighted by molar-refractivity contribution is -0.302. The highest BCUT2D eigenvalue weighted by Gasteiger charge is 2.47. The van der Waals surface area contributed by atoms with E-state index in [-0.39, 0.29) is 249 Å². The van der Waals surface area contributed by atoms with Gasteiger partial charge in [0.1, 0.15) is 96.2 Å². The van der Waals surface area contributed by atoms with E-state index in [0.717, 1.165) is 0 Å². The van der Waals surface area contributed by atoms with Crippen molar-refractivity contribution in [2.75, 3.05) is 211 Å². The molecular weight excluding hydrogens is 1570 g/mol. The van der Waals surface area contributed by atoms with E-state index in [9.17, 15) is 101 Å². The van der Waals surface area contributed by atoms with Gasteiger partial charge in [0.05, 0.1) is 209 Å². The maximum Gasteiger partial charge on any atom is 0.320 e. The van der Waals surface area contributed by atoms with Crippen molar-refractivity contribution < 1.29 is 172 Å². The van der Waals surface area contributed by atoms with Crippen molar-refractivity contribution in [3.63, 3.8) is 0 Å². The van der Waals surface area contributed by atoms with Crippen LogP contribution in [0, 0.1) is 0 Å². The molecule has 49 nitrogen and oxygen atoms in total. The smallest absolute Gasteiger partial charge is 0.320 e. The van der Waals surface area contributed by atoms with E-state index in [1.165, 1.54) is 20.6 Å². The first-order valence-corrected chi connectivity index (χ1v) is 38.4. The standard InChI is InChI=1S/C68H120N14O35/c69-44(30-80(70)12-15-103-18-21-106-24-27-112-65-61(98)58(95)55(92)48(35-83)115-65)38-109-41-68(42-110-39-45-31-81(75-73-45)13-16-104-19-22-107-25-28-113-66-62(99)59(96)56(93)49(36-84)116-66,43-111-40-46-32-82(76-74-46)14-17-105-20-23-108-26-29-114-67-63(100)60(97)57(94)50(37-85)117-67)72-52(87)2-1-5-71-51(86)4-3-47(64(101)102)79-10-8-77(33-53(88)89)6-7-78(9-11-79)34-54(90)91/h30-32,47-50,55-63,65-67,83-85,92-100H,1-29,33-43,69-70H2,(H,71,86)(H,72,87)(H,88,89)(H,90,91)(H,101,102)/b44-30-/t47?,48-,49-,50-,55+,56+,57+,58+,59+,60+,61-,62-,63-,65-,66-,67-/m1/s1. The van der Waals surface area contributed by atoms with Gasteiger partial charge >= 0.3 is 17.9 Å². The van der Waals surface area contributed by atoms with Gasteiger partial charge < -0.3 is 169 Å². The highest BCUT2D eigenvalue weighted by molar-refractivity contribution is 5.79. The normalized spacial score (nSPS) is 25.7. The Morgan fingerprint density at radius 2 is 0.906 bits per heavy atom. The number of ether oxygens (including phenoxy) is 15. The predicted octanol–water partition coefficient (Wildman–Crippen LogP) is -11.8. The number of hydrogen-bond acceptors (Lipinski definition) is 42. The number of nitrogens with one attached hydrogen (secondary N) is 2. The second kappa shape index (κ2) is 54.9. The predicted molar refractivity (Wildman–Crippen MR) is 391 cm³/mol. The van der Waals surface area contributed by atoms with E-state index in [1.807, 2.05) is 0 Å². The third-order valence-electron chi connectivity index (χ3n) is 18.6. The van der Waals surface area contributed by atoms with Gasteiger partial charge in [0.25, 0.3) is 0 Å². The first-order valence-electron chi connectivity index (χ1n) is 38.4. The van der Waals surface area contributed by atoms with Crippen molar-refractivity contribution in [2.45, 2.75) is 156 Å². The summed E-state index contributed by atoms with van der Waals surface area (Å²) in [5.41, 5.74) is 5.77. The molecule has 0 spiro atoms. The fourth-order valence-electron chi connectivity index (χ4n) is 12.2. The van der Waals surface area contributed by atoms with Crippen molar-refractivity contribution in [1.29, 1.82) is 0 Å². The molecule has 4 fully saturated rings. The monoisotopic (exact) mass is 1690 g/mol. The van der Waals surface area contributed by atoms with Crippen LogP contribution in [0.25, 0.3) is 0 Å². The third-order valence-corrected chi connectivity index (χ3v) is 18.6. The maximum atomic E-state index is 14.3. The summed E-state index contributed by atoms with van der Waals surface area (Å²) in [5, 5.41) is 172. The van der Waals surface area contributed by atoms with Crippen LogP contribution in [-0.2, 0) is 121 Å². The molecule has 117 heavy (non-hydrogen) atoms. The summed E-state index contributed by atoms with van der Waals surface area (Å²) in [6.45, 7) is -0.949. The zero-order chi connectivity index (χ0) is 85.1. The number of aromatic nitrogens is 6. The van der Waals surface area contributed by atoms with Crippen LogP contribution in [0.2, 0.25) is 0 Å². The van der Waals surface area contributed by atoms with Crippen molar-refractivity contribution >= 4 is 29.7 Å². The molecule has 4 aliphatic heterocycles. The van der Waals surface area contributed by atoms with Crippen LogP contribution in [0.4, 0.5) is 0 Å². The second-order valence-corrected chi connectivity index (χ2v) is 27.8. The Labute approximate surface area is 673 Å². The zero-order valence-electron chi connectivity index (χ0n) is 65.3. The maximum absolute atomic E-state index is 14.3. The Hall–Kier alpha value is -6.27. The molecule has 0 saturated carbocycles. The highest BCUT2D eigenvalue weighted by Crippen LogP contribution is 2.25. The molecule has 0 bridgehead atoms. The molecule has 1 unspecified atom stereocenters. The average Bonchev–Trinajstić information content (AvgIpc) is 1.38.